The lowest BCUT2D eigenvalue weighted by molar-refractivity contribution is 0.431. The summed E-state index contributed by atoms with van der Waals surface area (Å²) in [6, 6.07) is 12.0. The highest BCUT2D eigenvalue weighted by atomic mass is 32.2. The molecule has 1 saturated heterocycles. The van der Waals surface area contributed by atoms with Crippen LogP contribution < -0.4 is 10.2 Å². The summed E-state index contributed by atoms with van der Waals surface area (Å²) < 4.78 is 41.2. The molecule has 1 fully saturated rings. The maximum atomic E-state index is 13.5. The van der Waals surface area contributed by atoms with Gasteiger partial charge in [0.05, 0.1) is 11.2 Å². The third kappa shape index (κ3) is 3.27. The number of nitrogens with zero attached hydrogens (tertiary/aromatic N) is 3. The zero-order valence-corrected chi connectivity index (χ0v) is 16.6. The number of hydrogen-bond donors (Lipinski definition) is 1. The molecule has 150 valence electrons. The van der Waals surface area contributed by atoms with Crippen molar-refractivity contribution in [1.29, 1.82) is 0 Å². The standard InChI is InChI=1S/C21H21FN4O2S/c22-18-5-4-16-13-26(14-17(16)10-18)29(27,28)19-11-15-2-1-3-20(21(15)24-12-19)25-8-6-23-7-9-25/h1-5,10-12,23H,6-9,13-14H2. The number of piperazine rings is 1. The van der Waals surface area contributed by atoms with Crippen molar-refractivity contribution in [2.45, 2.75) is 18.0 Å². The molecule has 2 aliphatic heterocycles. The minimum atomic E-state index is -3.72. The molecule has 1 N–H and O–H groups in total. The summed E-state index contributed by atoms with van der Waals surface area (Å²) in [6.07, 6.45) is 1.44. The number of para-hydroxylation sites is 1. The van der Waals surface area contributed by atoms with E-state index >= 15 is 0 Å². The first-order chi connectivity index (χ1) is 14.0. The van der Waals surface area contributed by atoms with E-state index in [0.29, 0.717) is 5.56 Å². The lowest BCUT2D eigenvalue weighted by Gasteiger charge is -2.30. The van der Waals surface area contributed by atoms with E-state index in [-0.39, 0.29) is 23.8 Å². The van der Waals surface area contributed by atoms with Crippen LogP contribution in [0.3, 0.4) is 0 Å². The van der Waals surface area contributed by atoms with Gasteiger partial charge in [-0.15, -0.1) is 0 Å². The Labute approximate surface area is 169 Å². The SMILES string of the molecule is O=S(=O)(c1cnc2c(N3CCNCC3)cccc2c1)N1Cc2ccc(F)cc2C1. The molecule has 1 aromatic heterocycles. The first kappa shape index (κ1) is 18.5. The predicted octanol–water partition coefficient (Wildman–Crippen LogP) is 2.49. The van der Waals surface area contributed by atoms with Crippen LogP contribution in [0.25, 0.3) is 10.9 Å². The number of fused-ring (bicyclic) bond motifs is 2. The summed E-state index contributed by atoms with van der Waals surface area (Å²) in [4.78, 5) is 6.96. The average molecular weight is 412 g/mol. The van der Waals surface area contributed by atoms with E-state index in [1.54, 1.807) is 12.1 Å². The molecule has 3 aromatic rings. The Hall–Kier alpha value is -2.55. The van der Waals surface area contributed by atoms with E-state index in [1.165, 1.54) is 22.6 Å². The number of nitrogens with one attached hydrogen (secondary N) is 1. The molecule has 5 rings (SSSR count). The van der Waals surface area contributed by atoms with Crippen molar-refractivity contribution in [3.05, 3.63) is 65.6 Å². The van der Waals surface area contributed by atoms with Gasteiger partial charge in [0.1, 0.15) is 10.7 Å². The molecule has 0 bridgehead atoms. The molecule has 0 unspecified atom stereocenters. The van der Waals surface area contributed by atoms with Crippen LogP contribution >= 0.6 is 0 Å². The van der Waals surface area contributed by atoms with Gasteiger partial charge in [-0.3, -0.25) is 4.98 Å². The third-order valence-electron chi connectivity index (χ3n) is 5.62. The van der Waals surface area contributed by atoms with Crippen LogP contribution in [0.15, 0.2) is 53.6 Å². The van der Waals surface area contributed by atoms with Gasteiger partial charge in [0.2, 0.25) is 10.0 Å². The largest absolute Gasteiger partial charge is 0.367 e. The molecule has 3 heterocycles. The summed E-state index contributed by atoms with van der Waals surface area (Å²) in [5.74, 6) is -0.351. The molecule has 0 spiro atoms. The molecular weight excluding hydrogens is 391 g/mol. The highest BCUT2D eigenvalue weighted by molar-refractivity contribution is 7.89. The van der Waals surface area contributed by atoms with Gasteiger partial charge in [-0.2, -0.15) is 4.31 Å². The van der Waals surface area contributed by atoms with Crippen molar-refractivity contribution in [2.75, 3.05) is 31.1 Å². The summed E-state index contributed by atoms with van der Waals surface area (Å²) >= 11 is 0. The molecule has 8 heteroatoms. The van der Waals surface area contributed by atoms with Gasteiger partial charge in [0.25, 0.3) is 0 Å². The van der Waals surface area contributed by atoms with E-state index in [2.05, 4.69) is 15.2 Å². The molecule has 0 radical (unpaired) electrons. The van der Waals surface area contributed by atoms with Crippen molar-refractivity contribution in [2.24, 2.45) is 0 Å². The first-order valence-electron chi connectivity index (χ1n) is 9.64. The molecule has 0 atom stereocenters. The number of halogens is 1. The van der Waals surface area contributed by atoms with Crippen molar-refractivity contribution < 1.29 is 12.8 Å². The van der Waals surface area contributed by atoms with Gasteiger partial charge in [-0.1, -0.05) is 18.2 Å². The van der Waals surface area contributed by atoms with Gasteiger partial charge in [0.15, 0.2) is 0 Å². The molecule has 0 aliphatic carbocycles. The first-order valence-corrected chi connectivity index (χ1v) is 11.1. The van der Waals surface area contributed by atoms with Gasteiger partial charge in [-0.05, 0) is 35.4 Å². The molecular formula is C21H21FN4O2S. The van der Waals surface area contributed by atoms with E-state index in [4.69, 9.17) is 0 Å². The Morgan fingerprint density at radius 1 is 1.00 bits per heavy atom. The summed E-state index contributed by atoms with van der Waals surface area (Å²) in [6.45, 7) is 4.04. The van der Waals surface area contributed by atoms with Crippen LogP contribution in [0, 0.1) is 5.82 Å². The van der Waals surface area contributed by atoms with Crippen LogP contribution in [0.2, 0.25) is 0 Å². The number of anilines is 1. The predicted molar refractivity (Wildman–Crippen MR) is 110 cm³/mol. The van der Waals surface area contributed by atoms with Gasteiger partial charge in [0, 0.05) is 50.9 Å². The van der Waals surface area contributed by atoms with Crippen molar-refractivity contribution >= 4 is 26.6 Å². The van der Waals surface area contributed by atoms with Crippen LogP contribution in [0.4, 0.5) is 10.1 Å². The van der Waals surface area contributed by atoms with E-state index in [0.717, 1.165) is 48.3 Å². The minimum Gasteiger partial charge on any atom is -0.367 e. The van der Waals surface area contributed by atoms with E-state index in [1.807, 2.05) is 18.2 Å². The maximum absolute atomic E-state index is 13.5. The number of pyridine rings is 1. The third-order valence-corrected chi connectivity index (χ3v) is 7.38. The number of rotatable bonds is 3. The van der Waals surface area contributed by atoms with Crippen molar-refractivity contribution in [3.8, 4) is 0 Å². The van der Waals surface area contributed by atoms with Crippen LogP contribution in [-0.2, 0) is 23.1 Å². The van der Waals surface area contributed by atoms with E-state index in [9.17, 15) is 12.8 Å². The molecule has 2 aromatic carbocycles. The number of aromatic nitrogens is 1. The topological polar surface area (TPSA) is 65.5 Å². The Balaban J connectivity index is 1.49. The zero-order chi connectivity index (χ0) is 20.0. The lowest BCUT2D eigenvalue weighted by Crippen LogP contribution is -2.43. The second-order valence-corrected chi connectivity index (χ2v) is 9.38. The van der Waals surface area contributed by atoms with Gasteiger partial charge < -0.3 is 10.2 Å². The minimum absolute atomic E-state index is 0.163. The highest BCUT2D eigenvalue weighted by Crippen LogP contribution is 2.31. The number of benzene rings is 2. The Morgan fingerprint density at radius 3 is 2.62 bits per heavy atom. The zero-order valence-electron chi connectivity index (χ0n) is 15.8. The van der Waals surface area contributed by atoms with Crippen LogP contribution in [-0.4, -0.2) is 43.9 Å². The summed E-state index contributed by atoms with van der Waals surface area (Å²) in [5.41, 5.74) is 3.38. The van der Waals surface area contributed by atoms with Gasteiger partial charge >= 0.3 is 0 Å². The maximum Gasteiger partial charge on any atom is 0.245 e. The summed E-state index contributed by atoms with van der Waals surface area (Å²) in [7, 11) is -3.72. The lowest BCUT2D eigenvalue weighted by atomic mass is 10.1. The van der Waals surface area contributed by atoms with E-state index < -0.39 is 10.0 Å². The monoisotopic (exact) mass is 412 g/mol. The molecule has 29 heavy (non-hydrogen) atoms. The Bertz CT molecular complexity index is 1190. The smallest absolute Gasteiger partial charge is 0.245 e. The molecule has 6 nitrogen and oxygen atoms in total. The molecule has 0 saturated carbocycles. The molecule has 2 aliphatic rings. The van der Waals surface area contributed by atoms with Crippen molar-refractivity contribution in [1.82, 2.24) is 14.6 Å². The van der Waals surface area contributed by atoms with Crippen LogP contribution in [0.5, 0.6) is 0 Å². The highest BCUT2D eigenvalue weighted by Gasteiger charge is 2.31. The second-order valence-electron chi connectivity index (χ2n) is 7.44. The average Bonchev–Trinajstić information content (AvgIpc) is 3.17. The quantitative estimate of drug-likeness (QED) is 0.716. The summed E-state index contributed by atoms with van der Waals surface area (Å²) in [5, 5.41) is 4.13. The molecule has 0 amide bonds. The number of hydrogen-bond acceptors (Lipinski definition) is 5. The number of sulfonamides is 1. The fourth-order valence-electron chi connectivity index (χ4n) is 4.08. The normalized spacial score (nSPS) is 17.6. The van der Waals surface area contributed by atoms with Gasteiger partial charge in [-0.25, -0.2) is 12.8 Å². The second kappa shape index (κ2) is 7.05. The van der Waals surface area contributed by atoms with Crippen molar-refractivity contribution in [3.63, 3.8) is 0 Å². The Morgan fingerprint density at radius 2 is 1.79 bits per heavy atom. The van der Waals surface area contributed by atoms with Crippen LogP contribution in [0.1, 0.15) is 11.1 Å². The Kier molecular flexibility index (Phi) is 4.49. The fourth-order valence-corrected chi connectivity index (χ4v) is 5.46. The fraction of sp³-hybridized carbons (Fsp3) is 0.286.